The predicted molar refractivity (Wildman–Crippen MR) is 102 cm³/mol. The third kappa shape index (κ3) is 4.11. The van der Waals surface area contributed by atoms with Gasteiger partial charge in [-0.15, -0.1) is 5.10 Å². The standard InChI is InChI=1S/C21H18F3N3O4/c1-29-20(28)21(30-2)31-19-17(11-3-4-11)18(12-7-14(23)10-25-9-12)27(26-19)16-8-13(22)5-6-15(16)24/h5-11,21H,3-4H2,1-2H3. The molecular formula is C21H18F3N3O4. The fraction of sp³-hybridized carbons (Fsp3) is 0.286. The molecule has 10 heteroatoms. The SMILES string of the molecule is COC(=O)C(OC)Oc1nn(-c2cc(F)ccc2F)c(-c2cncc(F)c2)c1C1CC1. The van der Waals surface area contributed by atoms with Gasteiger partial charge in [0.25, 0.3) is 0 Å². The van der Waals surface area contributed by atoms with Crippen molar-refractivity contribution in [1.29, 1.82) is 0 Å². The molecule has 2 aromatic heterocycles. The van der Waals surface area contributed by atoms with Gasteiger partial charge in [-0.05, 0) is 37.0 Å². The van der Waals surface area contributed by atoms with Gasteiger partial charge in [0, 0.05) is 30.5 Å². The van der Waals surface area contributed by atoms with Gasteiger partial charge in [0.15, 0.2) is 0 Å². The highest BCUT2D eigenvalue weighted by molar-refractivity contribution is 5.74. The number of ether oxygens (including phenoxy) is 3. The monoisotopic (exact) mass is 433 g/mol. The smallest absolute Gasteiger partial charge is 0.376 e. The summed E-state index contributed by atoms with van der Waals surface area (Å²) in [6.07, 6.45) is 2.54. The van der Waals surface area contributed by atoms with Crippen LogP contribution < -0.4 is 4.74 Å². The van der Waals surface area contributed by atoms with E-state index in [0.29, 0.717) is 11.1 Å². The second-order valence-electron chi connectivity index (χ2n) is 6.95. The molecule has 1 aliphatic carbocycles. The lowest BCUT2D eigenvalue weighted by atomic mass is 10.1. The van der Waals surface area contributed by atoms with Crippen LogP contribution in [-0.2, 0) is 14.3 Å². The molecule has 1 unspecified atom stereocenters. The number of rotatable bonds is 7. The van der Waals surface area contributed by atoms with E-state index >= 15 is 0 Å². The lowest BCUT2D eigenvalue weighted by Gasteiger charge is -2.14. The molecule has 0 aliphatic heterocycles. The van der Waals surface area contributed by atoms with E-state index in [9.17, 15) is 18.0 Å². The van der Waals surface area contributed by atoms with Gasteiger partial charge in [0.2, 0.25) is 5.88 Å². The summed E-state index contributed by atoms with van der Waals surface area (Å²) in [4.78, 5) is 15.8. The molecule has 31 heavy (non-hydrogen) atoms. The summed E-state index contributed by atoms with van der Waals surface area (Å²) in [6, 6.07) is 4.11. The van der Waals surface area contributed by atoms with E-state index in [0.717, 1.165) is 41.9 Å². The van der Waals surface area contributed by atoms with Crippen molar-refractivity contribution in [1.82, 2.24) is 14.8 Å². The largest absolute Gasteiger partial charge is 0.464 e. The molecule has 7 nitrogen and oxygen atoms in total. The van der Waals surface area contributed by atoms with Crippen molar-refractivity contribution in [2.24, 2.45) is 0 Å². The van der Waals surface area contributed by atoms with Gasteiger partial charge in [0.1, 0.15) is 23.1 Å². The zero-order valence-corrected chi connectivity index (χ0v) is 16.6. The summed E-state index contributed by atoms with van der Waals surface area (Å²) in [5, 5.41) is 4.30. The number of nitrogens with zero attached hydrogens (tertiary/aromatic N) is 3. The van der Waals surface area contributed by atoms with Crippen LogP contribution in [0.2, 0.25) is 0 Å². The number of carbonyl (C=O) groups excluding carboxylic acids is 1. The van der Waals surface area contributed by atoms with Crippen molar-refractivity contribution >= 4 is 5.97 Å². The first-order valence-corrected chi connectivity index (χ1v) is 9.39. The summed E-state index contributed by atoms with van der Waals surface area (Å²) in [6.45, 7) is 0. The van der Waals surface area contributed by atoms with Crippen LogP contribution in [-0.4, -0.2) is 41.2 Å². The van der Waals surface area contributed by atoms with Crippen LogP contribution in [0.1, 0.15) is 24.3 Å². The number of aromatic nitrogens is 3. The van der Waals surface area contributed by atoms with E-state index in [1.807, 2.05) is 0 Å². The van der Waals surface area contributed by atoms with E-state index in [1.165, 1.54) is 26.5 Å². The number of esters is 1. The van der Waals surface area contributed by atoms with Gasteiger partial charge in [-0.2, -0.15) is 0 Å². The van der Waals surface area contributed by atoms with Crippen molar-refractivity contribution < 1.29 is 32.2 Å². The van der Waals surface area contributed by atoms with Crippen LogP contribution in [0.3, 0.4) is 0 Å². The van der Waals surface area contributed by atoms with E-state index in [2.05, 4.69) is 14.8 Å². The van der Waals surface area contributed by atoms with Crippen LogP contribution in [0.4, 0.5) is 13.2 Å². The summed E-state index contributed by atoms with van der Waals surface area (Å²) >= 11 is 0. The first kappa shape index (κ1) is 20.9. The Balaban J connectivity index is 1.95. The van der Waals surface area contributed by atoms with Crippen LogP contribution in [0.5, 0.6) is 5.88 Å². The van der Waals surface area contributed by atoms with Crippen molar-refractivity contribution in [2.45, 2.75) is 25.0 Å². The normalized spacial score (nSPS) is 14.4. The fourth-order valence-corrected chi connectivity index (χ4v) is 3.27. The quantitative estimate of drug-likeness (QED) is 0.417. The Bertz CT molecular complexity index is 1130. The van der Waals surface area contributed by atoms with Crippen molar-refractivity contribution in [3.63, 3.8) is 0 Å². The van der Waals surface area contributed by atoms with E-state index in [1.54, 1.807) is 0 Å². The number of carbonyl (C=O) groups is 1. The molecular weight excluding hydrogens is 415 g/mol. The van der Waals surface area contributed by atoms with Crippen LogP contribution in [0.25, 0.3) is 16.9 Å². The van der Waals surface area contributed by atoms with E-state index in [4.69, 9.17) is 9.47 Å². The number of hydrogen-bond acceptors (Lipinski definition) is 6. The molecule has 1 fully saturated rings. The molecule has 1 aromatic carbocycles. The molecule has 0 N–H and O–H groups in total. The first-order chi connectivity index (χ1) is 14.9. The predicted octanol–water partition coefficient (Wildman–Crippen LogP) is 3.75. The van der Waals surface area contributed by atoms with Crippen LogP contribution in [0.15, 0.2) is 36.7 Å². The molecule has 0 saturated heterocycles. The number of methoxy groups -OCH3 is 2. The molecule has 162 valence electrons. The number of benzene rings is 1. The highest BCUT2D eigenvalue weighted by Gasteiger charge is 2.37. The fourth-order valence-electron chi connectivity index (χ4n) is 3.27. The Labute approximate surface area is 175 Å². The second kappa shape index (κ2) is 8.38. The molecule has 1 aliphatic rings. The topological polar surface area (TPSA) is 75.5 Å². The maximum atomic E-state index is 14.6. The summed E-state index contributed by atoms with van der Waals surface area (Å²) in [5.74, 6) is -2.91. The Morgan fingerprint density at radius 2 is 1.90 bits per heavy atom. The lowest BCUT2D eigenvalue weighted by molar-refractivity contribution is -0.170. The average Bonchev–Trinajstić information content (AvgIpc) is 3.53. The first-order valence-electron chi connectivity index (χ1n) is 9.39. The molecule has 0 radical (unpaired) electrons. The maximum Gasteiger partial charge on any atom is 0.376 e. The molecule has 1 atom stereocenters. The minimum absolute atomic E-state index is 0.0253. The molecule has 0 amide bonds. The van der Waals surface area contributed by atoms with Crippen molar-refractivity contribution in [3.05, 3.63) is 59.7 Å². The highest BCUT2D eigenvalue weighted by atomic mass is 19.1. The Kier molecular flexibility index (Phi) is 5.64. The second-order valence-corrected chi connectivity index (χ2v) is 6.95. The Morgan fingerprint density at radius 3 is 2.55 bits per heavy atom. The molecule has 2 heterocycles. The van der Waals surface area contributed by atoms with Crippen molar-refractivity contribution in [2.75, 3.05) is 14.2 Å². The molecule has 0 spiro atoms. The Morgan fingerprint density at radius 1 is 1.13 bits per heavy atom. The molecule has 0 bridgehead atoms. The zero-order chi connectivity index (χ0) is 22.1. The van der Waals surface area contributed by atoms with E-state index < -0.39 is 29.7 Å². The van der Waals surface area contributed by atoms with Gasteiger partial charge >= 0.3 is 12.3 Å². The number of hydrogen-bond donors (Lipinski definition) is 0. The highest BCUT2D eigenvalue weighted by Crippen LogP contribution is 2.49. The van der Waals surface area contributed by atoms with Gasteiger partial charge in [-0.3, -0.25) is 4.98 Å². The minimum Gasteiger partial charge on any atom is -0.464 e. The summed E-state index contributed by atoms with van der Waals surface area (Å²) < 4.78 is 59.0. The average molecular weight is 433 g/mol. The van der Waals surface area contributed by atoms with Gasteiger partial charge in [0.05, 0.1) is 19.0 Å². The van der Waals surface area contributed by atoms with Crippen LogP contribution in [0, 0.1) is 17.5 Å². The number of pyridine rings is 1. The third-order valence-electron chi connectivity index (χ3n) is 4.81. The summed E-state index contributed by atoms with van der Waals surface area (Å²) in [5.41, 5.74) is 0.888. The van der Waals surface area contributed by atoms with Gasteiger partial charge in [-0.1, -0.05) is 0 Å². The number of halogens is 3. The summed E-state index contributed by atoms with van der Waals surface area (Å²) in [7, 11) is 2.42. The maximum absolute atomic E-state index is 14.6. The van der Waals surface area contributed by atoms with Crippen LogP contribution >= 0.6 is 0 Å². The van der Waals surface area contributed by atoms with Crippen molar-refractivity contribution in [3.8, 4) is 22.8 Å². The lowest BCUT2D eigenvalue weighted by Crippen LogP contribution is -2.30. The van der Waals surface area contributed by atoms with E-state index in [-0.39, 0.29) is 23.2 Å². The molecule has 4 rings (SSSR count). The molecule has 3 aromatic rings. The zero-order valence-electron chi connectivity index (χ0n) is 16.6. The Hall–Kier alpha value is -3.40. The minimum atomic E-state index is -1.43. The van der Waals surface area contributed by atoms with Gasteiger partial charge < -0.3 is 14.2 Å². The van der Waals surface area contributed by atoms with Gasteiger partial charge in [-0.25, -0.2) is 22.6 Å². The molecule has 1 saturated carbocycles. The third-order valence-corrected chi connectivity index (χ3v) is 4.81.